The number of hydrogen-bond acceptors (Lipinski definition) is 3. The number of halogens is 1. The largest absolute Gasteiger partial charge is 0.316 e. The van der Waals surface area contributed by atoms with Gasteiger partial charge in [0.15, 0.2) is 0 Å². The molecule has 2 N–H and O–H groups in total. The van der Waals surface area contributed by atoms with Crippen LogP contribution in [0, 0.1) is 0 Å². The SMILES string of the molecule is CCNCCNCc1ccc(Cl)cn1. The third-order valence-electron chi connectivity index (χ3n) is 1.82. The molecule has 0 aliphatic heterocycles. The Labute approximate surface area is 89.9 Å². The Kier molecular flexibility index (Phi) is 5.52. The standard InChI is InChI=1S/C10H16ClN3/c1-2-12-5-6-13-8-10-4-3-9(11)7-14-10/h3-4,7,12-13H,2,5-6,8H2,1H3. The van der Waals surface area contributed by atoms with Crippen molar-refractivity contribution in [3.63, 3.8) is 0 Å². The first-order valence-corrected chi connectivity index (χ1v) is 5.22. The smallest absolute Gasteiger partial charge is 0.0589 e. The van der Waals surface area contributed by atoms with Crippen molar-refractivity contribution >= 4 is 11.6 Å². The molecular formula is C10H16ClN3. The van der Waals surface area contributed by atoms with E-state index in [9.17, 15) is 0 Å². The molecule has 3 nitrogen and oxygen atoms in total. The first-order valence-electron chi connectivity index (χ1n) is 4.85. The van der Waals surface area contributed by atoms with Crippen LogP contribution in [-0.2, 0) is 6.54 Å². The van der Waals surface area contributed by atoms with E-state index < -0.39 is 0 Å². The van der Waals surface area contributed by atoms with Crippen LogP contribution in [0.5, 0.6) is 0 Å². The summed E-state index contributed by atoms with van der Waals surface area (Å²) in [7, 11) is 0. The molecule has 0 bridgehead atoms. The van der Waals surface area contributed by atoms with Crippen LogP contribution in [0.15, 0.2) is 18.3 Å². The second kappa shape index (κ2) is 6.76. The van der Waals surface area contributed by atoms with Gasteiger partial charge in [-0.1, -0.05) is 18.5 Å². The predicted molar refractivity (Wildman–Crippen MR) is 59.5 cm³/mol. The molecule has 0 aromatic carbocycles. The molecule has 0 radical (unpaired) electrons. The summed E-state index contributed by atoms with van der Waals surface area (Å²) < 4.78 is 0. The van der Waals surface area contributed by atoms with Crippen molar-refractivity contribution in [3.8, 4) is 0 Å². The van der Waals surface area contributed by atoms with E-state index in [-0.39, 0.29) is 0 Å². The summed E-state index contributed by atoms with van der Waals surface area (Å²) in [4.78, 5) is 4.18. The summed E-state index contributed by atoms with van der Waals surface area (Å²) in [5, 5.41) is 7.21. The molecule has 0 fully saturated rings. The Morgan fingerprint density at radius 1 is 1.29 bits per heavy atom. The molecule has 4 heteroatoms. The number of hydrogen-bond donors (Lipinski definition) is 2. The van der Waals surface area contributed by atoms with Crippen molar-refractivity contribution in [1.82, 2.24) is 15.6 Å². The van der Waals surface area contributed by atoms with Gasteiger partial charge in [0.05, 0.1) is 10.7 Å². The summed E-state index contributed by atoms with van der Waals surface area (Å²) in [6, 6.07) is 3.79. The van der Waals surface area contributed by atoms with Gasteiger partial charge < -0.3 is 10.6 Å². The van der Waals surface area contributed by atoms with Crippen molar-refractivity contribution in [1.29, 1.82) is 0 Å². The van der Waals surface area contributed by atoms with Crippen LogP contribution in [-0.4, -0.2) is 24.6 Å². The van der Waals surface area contributed by atoms with Crippen molar-refractivity contribution in [3.05, 3.63) is 29.0 Å². The highest BCUT2D eigenvalue weighted by Crippen LogP contribution is 2.05. The Morgan fingerprint density at radius 3 is 2.71 bits per heavy atom. The lowest BCUT2D eigenvalue weighted by molar-refractivity contribution is 0.619. The van der Waals surface area contributed by atoms with Crippen LogP contribution in [0.2, 0.25) is 5.02 Å². The maximum atomic E-state index is 5.72. The second-order valence-corrected chi connectivity index (χ2v) is 3.43. The topological polar surface area (TPSA) is 37.0 Å². The molecule has 1 rings (SSSR count). The minimum Gasteiger partial charge on any atom is -0.316 e. The van der Waals surface area contributed by atoms with Crippen molar-refractivity contribution in [2.75, 3.05) is 19.6 Å². The van der Waals surface area contributed by atoms with Gasteiger partial charge in [-0.15, -0.1) is 0 Å². The number of pyridine rings is 1. The lowest BCUT2D eigenvalue weighted by Crippen LogP contribution is -2.26. The van der Waals surface area contributed by atoms with Gasteiger partial charge in [0.25, 0.3) is 0 Å². The third-order valence-corrected chi connectivity index (χ3v) is 2.05. The minimum atomic E-state index is 0.682. The molecule has 14 heavy (non-hydrogen) atoms. The monoisotopic (exact) mass is 213 g/mol. The Morgan fingerprint density at radius 2 is 2.07 bits per heavy atom. The van der Waals surface area contributed by atoms with Crippen LogP contribution in [0.1, 0.15) is 12.6 Å². The first-order chi connectivity index (χ1) is 6.83. The predicted octanol–water partition coefficient (Wildman–Crippen LogP) is 1.43. The highest BCUT2D eigenvalue weighted by atomic mass is 35.5. The third kappa shape index (κ3) is 4.56. The summed E-state index contributed by atoms with van der Waals surface area (Å²) in [5.74, 6) is 0. The molecule has 1 heterocycles. The van der Waals surface area contributed by atoms with E-state index in [4.69, 9.17) is 11.6 Å². The van der Waals surface area contributed by atoms with E-state index in [0.717, 1.165) is 31.9 Å². The van der Waals surface area contributed by atoms with E-state index in [2.05, 4.69) is 22.5 Å². The molecule has 0 aliphatic carbocycles. The van der Waals surface area contributed by atoms with Crippen molar-refractivity contribution < 1.29 is 0 Å². The number of nitrogens with one attached hydrogen (secondary N) is 2. The van der Waals surface area contributed by atoms with Crippen LogP contribution in [0.3, 0.4) is 0 Å². The van der Waals surface area contributed by atoms with Crippen LogP contribution in [0.25, 0.3) is 0 Å². The Balaban J connectivity index is 2.15. The van der Waals surface area contributed by atoms with Crippen molar-refractivity contribution in [2.45, 2.75) is 13.5 Å². The van der Waals surface area contributed by atoms with E-state index in [0.29, 0.717) is 5.02 Å². The molecule has 1 aromatic heterocycles. The second-order valence-electron chi connectivity index (χ2n) is 3.00. The van der Waals surface area contributed by atoms with E-state index in [1.54, 1.807) is 6.20 Å². The maximum Gasteiger partial charge on any atom is 0.0589 e. The lowest BCUT2D eigenvalue weighted by atomic mass is 10.3. The molecule has 0 aliphatic rings. The van der Waals surface area contributed by atoms with Gasteiger partial charge in [-0.05, 0) is 18.7 Å². The van der Waals surface area contributed by atoms with Crippen LogP contribution < -0.4 is 10.6 Å². The molecular weight excluding hydrogens is 198 g/mol. The molecule has 0 amide bonds. The Hall–Kier alpha value is -0.640. The molecule has 0 atom stereocenters. The Bertz CT molecular complexity index is 248. The molecule has 0 saturated carbocycles. The summed E-state index contributed by atoms with van der Waals surface area (Å²) in [6.07, 6.45) is 1.67. The molecule has 0 unspecified atom stereocenters. The summed E-state index contributed by atoms with van der Waals surface area (Å²) in [6.45, 7) is 5.85. The normalized spacial score (nSPS) is 10.4. The van der Waals surface area contributed by atoms with E-state index in [1.807, 2.05) is 12.1 Å². The molecule has 78 valence electrons. The van der Waals surface area contributed by atoms with Gasteiger partial charge in [0.1, 0.15) is 0 Å². The van der Waals surface area contributed by atoms with Gasteiger partial charge in [-0.25, -0.2) is 0 Å². The zero-order chi connectivity index (χ0) is 10.2. The number of aromatic nitrogens is 1. The van der Waals surface area contributed by atoms with Gasteiger partial charge in [0.2, 0.25) is 0 Å². The van der Waals surface area contributed by atoms with E-state index in [1.165, 1.54) is 0 Å². The maximum absolute atomic E-state index is 5.72. The zero-order valence-corrected chi connectivity index (χ0v) is 9.14. The number of nitrogens with zero attached hydrogens (tertiary/aromatic N) is 1. The first kappa shape index (κ1) is 11.4. The molecule has 0 saturated heterocycles. The molecule has 1 aromatic rings. The average molecular weight is 214 g/mol. The van der Waals surface area contributed by atoms with Crippen molar-refractivity contribution in [2.24, 2.45) is 0 Å². The zero-order valence-electron chi connectivity index (χ0n) is 8.39. The summed E-state index contributed by atoms with van der Waals surface area (Å²) >= 11 is 5.72. The summed E-state index contributed by atoms with van der Waals surface area (Å²) in [5.41, 5.74) is 1.02. The highest BCUT2D eigenvalue weighted by Gasteiger charge is 1.93. The number of rotatable bonds is 6. The highest BCUT2D eigenvalue weighted by molar-refractivity contribution is 6.30. The fourth-order valence-corrected chi connectivity index (χ4v) is 1.19. The minimum absolute atomic E-state index is 0.682. The fourth-order valence-electron chi connectivity index (χ4n) is 1.08. The van der Waals surface area contributed by atoms with Crippen LogP contribution in [0.4, 0.5) is 0 Å². The van der Waals surface area contributed by atoms with Crippen LogP contribution >= 0.6 is 11.6 Å². The number of likely N-dealkylation sites (N-methyl/N-ethyl adjacent to an activating group) is 1. The molecule has 0 spiro atoms. The van der Waals surface area contributed by atoms with Gasteiger partial charge in [0, 0.05) is 25.8 Å². The van der Waals surface area contributed by atoms with E-state index >= 15 is 0 Å². The van der Waals surface area contributed by atoms with Gasteiger partial charge >= 0.3 is 0 Å². The lowest BCUT2D eigenvalue weighted by Gasteiger charge is -2.04. The average Bonchev–Trinajstić information content (AvgIpc) is 2.21. The quantitative estimate of drug-likeness (QED) is 0.703. The van der Waals surface area contributed by atoms with Gasteiger partial charge in [-0.2, -0.15) is 0 Å². The fraction of sp³-hybridized carbons (Fsp3) is 0.500. The van der Waals surface area contributed by atoms with Gasteiger partial charge in [-0.3, -0.25) is 4.98 Å².